The maximum absolute atomic E-state index is 4.10. The molecular weight excluding hydrogens is 292 g/mol. The van der Waals surface area contributed by atoms with Crippen LogP contribution in [0.3, 0.4) is 0 Å². The van der Waals surface area contributed by atoms with Crippen LogP contribution in [0.5, 0.6) is 0 Å². The minimum atomic E-state index is 0.359. The van der Waals surface area contributed by atoms with E-state index in [0.717, 1.165) is 10.5 Å². The monoisotopic (exact) mass is 314 g/mol. The van der Waals surface area contributed by atoms with Crippen LogP contribution in [0.15, 0.2) is 4.60 Å². The number of hydrogen-bond donors (Lipinski definition) is 1. The molecular formula is C13H23BrN4. The second kappa shape index (κ2) is 6.15. The van der Waals surface area contributed by atoms with E-state index < -0.39 is 0 Å². The Morgan fingerprint density at radius 1 is 1.39 bits per heavy atom. The molecule has 18 heavy (non-hydrogen) atoms. The zero-order valence-corrected chi connectivity index (χ0v) is 13.1. The molecule has 0 aliphatic heterocycles. The highest BCUT2D eigenvalue weighted by atomic mass is 79.9. The Morgan fingerprint density at radius 3 is 2.50 bits per heavy atom. The van der Waals surface area contributed by atoms with Crippen molar-refractivity contribution in [2.75, 3.05) is 7.05 Å². The SMILES string of the molecule is CCC1CCC(C(NC)c2c(Br)nnn2C)CC1. The van der Waals surface area contributed by atoms with Crippen LogP contribution in [0.2, 0.25) is 0 Å². The average molecular weight is 315 g/mol. The van der Waals surface area contributed by atoms with Crippen LogP contribution >= 0.6 is 15.9 Å². The number of nitrogens with one attached hydrogen (secondary N) is 1. The second-order valence-electron chi connectivity index (χ2n) is 5.34. The van der Waals surface area contributed by atoms with Crippen LogP contribution in [-0.2, 0) is 7.05 Å². The van der Waals surface area contributed by atoms with E-state index in [2.05, 4.69) is 38.5 Å². The number of aromatic nitrogens is 3. The third-order valence-corrected chi connectivity index (χ3v) is 4.94. The third-order valence-electron chi connectivity index (χ3n) is 4.37. The van der Waals surface area contributed by atoms with Gasteiger partial charge < -0.3 is 5.32 Å². The smallest absolute Gasteiger partial charge is 0.153 e. The normalized spacial score (nSPS) is 26.2. The Morgan fingerprint density at radius 2 is 2.06 bits per heavy atom. The Labute approximate surface area is 118 Å². The van der Waals surface area contributed by atoms with Crippen LogP contribution in [0.4, 0.5) is 0 Å². The summed E-state index contributed by atoms with van der Waals surface area (Å²) in [4.78, 5) is 0. The fraction of sp³-hybridized carbons (Fsp3) is 0.846. The van der Waals surface area contributed by atoms with E-state index in [-0.39, 0.29) is 0 Å². The van der Waals surface area contributed by atoms with Crippen molar-refractivity contribution in [1.82, 2.24) is 20.3 Å². The van der Waals surface area contributed by atoms with E-state index in [1.54, 1.807) is 0 Å². The van der Waals surface area contributed by atoms with Crippen molar-refractivity contribution < 1.29 is 0 Å². The van der Waals surface area contributed by atoms with Gasteiger partial charge in [0, 0.05) is 7.05 Å². The van der Waals surface area contributed by atoms with Crippen molar-refractivity contribution in [3.63, 3.8) is 0 Å². The molecule has 1 aromatic heterocycles. The lowest BCUT2D eigenvalue weighted by molar-refractivity contribution is 0.219. The van der Waals surface area contributed by atoms with Crippen molar-refractivity contribution >= 4 is 15.9 Å². The van der Waals surface area contributed by atoms with Crippen molar-refractivity contribution in [3.8, 4) is 0 Å². The van der Waals surface area contributed by atoms with Gasteiger partial charge in [0.05, 0.1) is 11.7 Å². The number of nitrogens with zero attached hydrogens (tertiary/aromatic N) is 3. The molecule has 1 atom stereocenters. The quantitative estimate of drug-likeness (QED) is 0.928. The number of halogens is 1. The van der Waals surface area contributed by atoms with Crippen LogP contribution in [0.1, 0.15) is 50.8 Å². The van der Waals surface area contributed by atoms with Gasteiger partial charge in [-0.05, 0) is 47.7 Å². The Balaban J connectivity index is 2.10. The molecule has 5 heteroatoms. The van der Waals surface area contributed by atoms with Gasteiger partial charge in [-0.2, -0.15) is 0 Å². The predicted octanol–water partition coefficient (Wildman–Crippen LogP) is 3.05. The molecule has 1 aromatic rings. The van der Waals surface area contributed by atoms with Gasteiger partial charge in [-0.1, -0.05) is 31.4 Å². The first-order chi connectivity index (χ1) is 8.67. The molecule has 0 aromatic carbocycles. The second-order valence-corrected chi connectivity index (χ2v) is 6.10. The van der Waals surface area contributed by atoms with Crippen LogP contribution < -0.4 is 5.32 Å². The zero-order valence-electron chi connectivity index (χ0n) is 11.5. The van der Waals surface area contributed by atoms with E-state index >= 15 is 0 Å². The highest BCUT2D eigenvalue weighted by molar-refractivity contribution is 9.10. The molecule has 2 rings (SSSR count). The first kappa shape index (κ1) is 14.0. The molecule has 1 fully saturated rings. The largest absolute Gasteiger partial charge is 0.311 e. The molecule has 1 N–H and O–H groups in total. The van der Waals surface area contributed by atoms with Crippen LogP contribution in [0, 0.1) is 11.8 Å². The van der Waals surface area contributed by atoms with Crippen molar-refractivity contribution in [2.24, 2.45) is 18.9 Å². The van der Waals surface area contributed by atoms with Gasteiger partial charge in [-0.15, -0.1) is 5.10 Å². The van der Waals surface area contributed by atoms with Gasteiger partial charge in [-0.25, -0.2) is 4.68 Å². The third kappa shape index (κ3) is 2.77. The molecule has 1 heterocycles. The van der Waals surface area contributed by atoms with Gasteiger partial charge in [-0.3, -0.25) is 0 Å². The molecule has 1 aliphatic rings. The molecule has 1 aliphatic carbocycles. The lowest BCUT2D eigenvalue weighted by atomic mass is 9.77. The molecule has 1 unspecified atom stereocenters. The Hall–Kier alpha value is -0.420. The molecule has 0 saturated heterocycles. The summed E-state index contributed by atoms with van der Waals surface area (Å²) in [6.45, 7) is 2.31. The van der Waals surface area contributed by atoms with Gasteiger partial charge >= 0.3 is 0 Å². The van der Waals surface area contributed by atoms with Crippen molar-refractivity contribution in [3.05, 3.63) is 10.3 Å². The molecule has 4 nitrogen and oxygen atoms in total. The standard InChI is InChI=1S/C13H23BrN4/c1-4-9-5-7-10(8-6-9)11(15-2)12-13(14)16-17-18(12)3/h9-11,15H,4-8H2,1-3H3. The Bertz CT molecular complexity index is 363. The number of rotatable bonds is 4. The number of aryl methyl sites for hydroxylation is 1. The van der Waals surface area contributed by atoms with Gasteiger partial charge in [0.1, 0.15) is 0 Å². The van der Waals surface area contributed by atoms with Gasteiger partial charge in [0.2, 0.25) is 0 Å². The average Bonchev–Trinajstić information content (AvgIpc) is 2.72. The zero-order chi connectivity index (χ0) is 13.1. The Kier molecular flexibility index (Phi) is 4.78. The summed E-state index contributed by atoms with van der Waals surface area (Å²) < 4.78 is 2.76. The van der Waals surface area contributed by atoms with Crippen LogP contribution in [0.25, 0.3) is 0 Å². The minimum absolute atomic E-state index is 0.359. The summed E-state index contributed by atoms with van der Waals surface area (Å²) in [6, 6.07) is 0.359. The van der Waals surface area contributed by atoms with Crippen molar-refractivity contribution in [2.45, 2.75) is 45.1 Å². The summed E-state index contributed by atoms with van der Waals surface area (Å²) in [5.41, 5.74) is 1.18. The fourth-order valence-corrected chi connectivity index (χ4v) is 3.77. The summed E-state index contributed by atoms with van der Waals surface area (Å²) in [5.74, 6) is 1.64. The van der Waals surface area contributed by atoms with E-state index in [1.807, 2.05) is 18.8 Å². The van der Waals surface area contributed by atoms with Crippen LogP contribution in [-0.4, -0.2) is 22.0 Å². The highest BCUT2D eigenvalue weighted by Crippen LogP contribution is 2.38. The van der Waals surface area contributed by atoms with E-state index in [1.165, 1.54) is 37.8 Å². The summed E-state index contributed by atoms with van der Waals surface area (Å²) in [7, 11) is 4.01. The minimum Gasteiger partial charge on any atom is -0.311 e. The van der Waals surface area contributed by atoms with E-state index in [0.29, 0.717) is 12.0 Å². The van der Waals surface area contributed by atoms with E-state index in [9.17, 15) is 0 Å². The first-order valence-electron chi connectivity index (χ1n) is 6.89. The molecule has 0 radical (unpaired) electrons. The lowest BCUT2D eigenvalue weighted by Crippen LogP contribution is -2.30. The van der Waals surface area contributed by atoms with Crippen molar-refractivity contribution in [1.29, 1.82) is 0 Å². The topological polar surface area (TPSA) is 42.7 Å². The predicted molar refractivity (Wildman–Crippen MR) is 76.2 cm³/mol. The maximum atomic E-state index is 4.10. The molecule has 0 amide bonds. The number of hydrogen-bond acceptors (Lipinski definition) is 3. The molecule has 102 valence electrons. The molecule has 1 saturated carbocycles. The highest BCUT2D eigenvalue weighted by Gasteiger charge is 2.30. The molecule has 0 spiro atoms. The lowest BCUT2D eigenvalue weighted by Gasteiger charge is -2.33. The summed E-state index contributed by atoms with van der Waals surface area (Å²) in [5, 5.41) is 11.6. The van der Waals surface area contributed by atoms with E-state index in [4.69, 9.17) is 0 Å². The summed E-state index contributed by atoms with van der Waals surface area (Å²) >= 11 is 3.52. The molecule has 0 bridgehead atoms. The maximum Gasteiger partial charge on any atom is 0.153 e. The van der Waals surface area contributed by atoms with Gasteiger partial charge in [0.25, 0.3) is 0 Å². The van der Waals surface area contributed by atoms with Gasteiger partial charge in [0.15, 0.2) is 4.60 Å². The first-order valence-corrected chi connectivity index (χ1v) is 7.69. The summed E-state index contributed by atoms with van der Waals surface area (Å²) in [6.07, 6.45) is 6.67. The fourth-order valence-electron chi connectivity index (χ4n) is 3.19.